The van der Waals surface area contributed by atoms with Gasteiger partial charge in [0.2, 0.25) is 0 Å². The maximum atomic E-state index is 10.4. The lowest BCUT2D eigenvalue weighted by Gasteiger charge is -2.47. The molecule has 0 amide bonds. The van der Waals surface area contributed by atoms with E-state index in [1.54, 1.807) is 0 Å². The zero-order valence-corrected chi connectivity index (χ0v) is 10.7. The standard InChI is InChI=1S/C15H24O/c1-10(2)12-7-8-15(4,16)14-6-5-11(3)9-13(12)14/h7-8,11-14,16H,1,5-6,9H2,2-4H3/t11-,12-,13-,14+,15-/m0/s1. The Balaban J connectivity index is 2.30. The normalized spacial score (nSPS) is 47.5. The van der Waals surface area contributed by atoms with E-state index >= 15 is 0 Å². The van der Waals surface area contributed by atoms with Crippen LogP contribution in [0.15, 0.2) is 24.3 Å². The lowest BCUT2D eigenvalue weighted by Crippen LogP contribution is -2.46. The van der Waals surface area contributed by atoms with E-state index in [0.29, 0.717) is 17.8 Å². The molecule has 0 aromatic carbocycles. The van der Waals surface area contributed by atoms with Crippen LogP contribution in [0.1, 0.15) is 40.0 Å². The van der Waals surface area contributed by atoms with Crippen LogP contribution in [0.3, 0.4) is 0 Å². The van der Waals surface area contributed by atoms with Gasteiger partial charge in [-0.2, -0.15) is 0 Å². The Morgan fingerprint density at radius 3 is 2.75 bits per heavy atom. The third kappa shape index (κ3) is 1.98. The molecule has 0 aromatic rings. The summed E-state index contributed by atoms with van der Waals surface area (Å²) in [4.78, 5) is 0. The van der Waals surface area contributed by atoms with E-state index in [-0.39, 0.29) is 0 Å². The number of aliphatic hydroxyl groups is 1. The summed E-state index contributed by atoms with van der Waals surface area (Å²) in [5, 5.41) is 10.4. The first-order valence-corrected chi connectivity index (χ1v) is 6.49. The molecule has 2 aliphatic carbocycles. The molecule has 16 heavy (non-hydrogen) atoms. The summed E-state index contributed by atoms with van der Waals surface area (Å²) in [7, 11) is 0. The summed E-state index contributed by atoms with van der Waals surface area (Å²) in [6.45, 7) is 10.5. The molecule has 1 heteroatoms. The average molecular weight is 220 g/mol. The van der Waals surface area contributed by atoms with Crippen LogP contribution < -0.4 is 0 Å². The van der Waals surface area contributed by atoms with Crippen molar-refractivity contribution in [2.24, 2.45) is 23.7 Å². The Bertz CT molecular complexity index is 313. The average Bonchev–Trinajstić information content (AvgIpc) is 2.16. The summed E-state index contributed by atoms with van der Waals surface area (Å²) >= 11 is 0. The van der Waals surface area contributed by atoms with Gasteiger partial charge < -0.3 is 5.11 Å². The van der Waals surface area contributed by atoms with Gasteiger partial charge in [-0.05, 0) is 44.4 Å². The Labute approximate surface area is 99.3 Å². The number of hydrogen-bond donors (Lipinski definition) is 1. The fourth-order valence-corrected chi connectivity index (χ4v) is 3.64. The van der Waals surface area contributed by atoms with Crippen molar-refractivity contribution in [1.29, 1.82) is 0 Å². The fraction of sp³-hybridized carbons (Fsp3) is 0.733. The van der Waals surface area contributed by atoms with E-state index in [9.17, 15) is 5.11 Å². The Morgan fingerprint density at radius 1 is 1.44 bits per heavy atom. The van der Waals surface area contributed by atoms with E-state index in [1.807, 2.05) is 13.0 Å². The summed E-state index contributed by atoms with van der Waals surface area (Å²) in [6.07, 6.45) is 7.84. The quantitative estimate of drug-likeness (QED) is 0.670. The van der Waals surface area contributed by atoms with Crippen molar-refractivity contribution in [1.82, 2.24) is 0 Å². The summed E-state index contributed by atoms with van der Waals surface area (Å²) in [5.41, 5.74) is 0.646. The largest absolute Gasteiger partial charge is 0.386 e. The minimum absolute atomic E-state index is 0.426. The van der Waals surface area contributed by atoms with Crippen LogP contribution in [-0.4, -0.2) is 10.7 Å². The highest BCUT2D eigenvalue weighted by Crippen LogP contribution is 2.48. The molecular weight excluding hydrogens is 196 g/mol. The van der Waals surface area contributed by atoms with Crippen LogP contribution in [0, 0.1) is 23.7 Å². The first kappa shape index (κ1) is 11.9. The van der Waals surface area contributed by atoms with Crippen molar-refractivity contribution in [3.8, 4) is 0 Å². The molecule has 2 aliphatic rings. The molecule has 1 N–H and O–H groups in total. The van der Waals surface area contributed by atoms with Crippen LogP contribution in [0.25, 0.3) is 0 Å². The molecule has 90 valence electrons. The van der Waals surface area contributed by atoms with Gasteiger partial charge >= 0.3 is 0 Å². The second-order valence-corrected chi connectivity index (χ2v) is 6.15. The lowest BCUT2D eigenvalue weighted by atomic mass is 9.59. The topological polar surface area (TPSA) is 20.2 Å². The summed E-state index contributed by atoms with van der Waals surface area (Å²) < 4.78 is 0. The van der Waals surface area contributed by atoms with Gasteiger partial charge in [-0.25, -0.2) is 0 Å². The maximum Gasteiger partial charge on any atom is 0.0830 e. The Kier molecular flexibility index (Phi) is 3.00. The van der Waals surface area contributed by atoms with Crippen LogP contribution in [0.5, 0.6) is 0 Å². The van der Waals surface area contributed by atoms with E-state index in [2.05, 4.69) is 26.5 Å². The van der Waals surface area contributed by atoms with E-state index in [0.717, 1.165) is 12.3 Å². The van der Waals surface area contributed by atoms with Gasteiger partial charge in [0.15, 0.2) is 0 Å². The van der Waals surface area contributed by atoms with Crippen LogP contribution in [0.4, 0.5) is 0 Å². The molecule has 0 radical (unpaired) electrons. The van der Waals surface area contributed by atoms with Crippen LogP contribution >= 0.6 is 0 Å². The van der Waals surface area contributed by atoms with Gasteiger partial charge in [0, 0.05) is 5.92 Å². The maximum absolute atomic E-state index is 10.4. The summed E-state index contributed by atoms with van der Waals surface area (Å²) in [5.74, 6) is 2.30. The predicted octanol–water partition coefficient (Wildman–Crippen LogP) is 3.55. The minimum atomic E-state index is -0.600. The number of hydrogen-bond acceptors (Lipinski definition) is 1. The Morgan fingerprint density at radius 2 is 2.12 bits per heavy atom. The third-order valence-electron chi connectivity index (χ3n) is 4.58. The second-order valence-electron chi connectivity index (χ2n) is 6.15. The summed E-state index contributed by atoms with van der Waals surface area (Å²) in [6, 6.07) is 0. The zero-order chi connectivity index (χ0) is 11.9. The van der Waals surface area contributed by atoms with E-state index in [1.165, 1.54) is 18.4 Å². The third-order valence-corrected chi connectivity index (χ3v) is 4.58. The van der Waals surface area contributed by atoms with E-state index in [4.69, 9.17) is 0 Å². The zero-order valence-electron chi connectivity index (χ0n) is 10.7. The molecule has 0 bridgehead atoms. The van der Waals surface area contributed by atoms with Gasteiger partial charge in [-0.3, -0.25) is 0 Å². The first-order valence-electron chi connectivity index (χ1n) is 6.49. The molecule has 1 fully saturated rings. The molecule has 2 rings (SSSR count). The SMILES string of the molecule is C=C(C)[C@@H]1C=C[C@](C)(O)[C@@H]2CC[C@H](C)C[C@H]21. The molecule has 1 saturated carbocycles. The van der Waals surface area contributed by atoms with Gasteiger partial charge in [-0.1, -0.05) is 37.6 Å². The number of fused-ring (bicyclic) bond motifs is 1. The van der Waals surface area contributed by atoms with Crippen molar-refractivity contribution in [2.75, 3.05) is 0 Å². The van der Waals surface area contributed by atoms with Crippen LogP contribution in [-0.2, 0) is 0 Å². The van der Waals surface area contributed by atoms with Crippen molar-refractivity contribution >= 4 is 0 Å². The molecule has 0 aromatic heterocycles. The predicted molar refractivity (Wildman–Crippen MR) is 68.1 cm³/mol. The molecule has 1 nitrogen and oxygen atoms in total. The van der Waals surface area contributed by atoms with E-state index < -0.39 is 5.60 Å². The number of allylic oxidation sites excluding steroid dienone is 2. The molecule has 0 spiro atoms. The van der Waals surface area contributed by atoms with Crippen LogP contribution in [0.2, 0.25) is 0 Å². The first-order chi connectivity index (χ1) is 7.42. The van der Waals surface area contributed by atoms with Crippen molar-refractivity contribution in [3.63, 3.8) is 0 Å². The van der Waals surface area contributed by atoms with Gasteiger partial charge in [0.25, 0.3) is 0 Å². The fourth-order valence-electron chi connectivity index (χ4n) is 3.64. The highest BCUT2D eigenvalue weighted by atomic mass is 16.3. The van der Waals surface area contributed by atoms with Gasteiger partial charge in [-0.15, -0.1) is 0 Å². The molecule has 5 atom stereocenters. The highest BCUT2D eigenvalue weighted by molar-refractivity contribution is 5.20. The smallest absolute Gasteiger partial charge is 0.0830 e. The molecule has 0 saturated heterocycles. The highest BCUT2D eigenvalue weighted by Gasteiger charge is 2.44. The minimum Gasteiger partial charge on any atom is -0.386 e. The number of rotatable bonds is 1. The second kappa shape index (κ2) is 4.03. The molecular formula is C15H24O. The lowest BCUT2D eigenvalue weighted by molar-refractivity contribution is -0.0297. The van der Waals surface area contributed by atoms with Crippen molar-refractivity contribution < 1.29 is 5.11 Å². The molecule has 0 unspecified atom stereocenters. The van der Waals surface area contributed by atoms with Crippen molar-refractivity contribution in [3.05, 3.63) is 24.3 Å². The van der Waals surface area contributed by atoms with Gasteiger partial charge in [0.05, 0.1) is 5.60 Å². The molecule has 0 heterocycles. The van der Waals surface area contributed by atoms with Gasteiger partial charge in [0.1, 0.15) is 0 Å². The van der Waals surface area contributed by atoms with Crippen molar-refractivity contribution in [2.45, 2.75) is 45.6 Å². The Hall–Kier alpha value is -0.560. The monoisotopic (exact) mass is 220 g/mol. The molecule has 0 aliphatic heterocycles.